The highest BCUT2D eigenvalue weighted by Crippen LogP contribution is 2.36. The fourth-order valence-corrected chi connectivity index (χ4v) is 2.69. The van der Waals surface area contributed by atoms with E-state index in [1.807, 2.05) is 19.2 Å². The number of aromatic nitrogens is 2. The molecule has 0 aliphatic heterocycles. The van der Waals surface area contributed by atoms with Crippen LogP contribution in [0.15, 0.2) is 23.1 Å². The lowest BCUT2D eigenvalue weighted by atomic mass is 10.1. The maximum absolute atomic E-state index is 5.86. The molecule has 5 heteroatoms. The van der Waals surface area contributed by atoms with Crippen molar-refractivity contribution in [3.05, 3.63) is 23.8 Å². The predicted molar refractivity (Wildman–Crippen MR) is 80.8 cm³/mol. The Morgan fingerprint density at radius 1 is 1.37 bits per heavy atom. The molecule has 0 bridgehead atoms. The Balaban J connectivity index is 2.61. The molecule has 2 N–H and O–H groups in total. The third-order valence-electron chi connectivity index (χ3n) is 3.18. The molecule has 0 saturated heterocycles. The van der Waals surface area contributed by atoms with Crippen LogP contribution in [-0.4, -0.2) is 23.1 Å². The minimum atomic E-state index is 0.653. The number of methoxy groups -OCH3 is 1. The summed E-state index contributed by atoms with van der Waals surface area (Å²) in [5, 5.41) is 4.44. The maximum atomic E-state index is 5.86. The number of ether oxygens (including phenoxy) is 1. The largest absolute Gasteiger partial charge is 0.496 e. The van der Waals surface area contributed by atoms with E-state index in [1.165, 1.54) is 10.5 Å². The van der Waals surface area contributed by atoms with Crippen molar-refractivity contribution in [3.8, 4) is 17.0 Å². The van der Waals surface area contributed by atoms with Crippen molar-refractivity contribution in [2.45, 2.75) is 18.2 Å². The number of aryl methyl sites for hydroxylation is 2. The number of nitrogens with two attached hydrogens (primary N) is 1. The van der Waals surface area contributed by atoms with E-state index >= 15 is 0 Å². The van der Waals surface area contributed by atoms with Gasteiger partial charge in [0, 0.05) is 23.6 Å². The average Bonchev–Trinajstić information content (AvgIpc) is 2.76. The van der Waals surface area contributed by atoms with Crippen LogP contribution in [-0.2, 0) is 13.5 Å². The van der Waals surface area contributed by atoms with Crippen molar-refractivity contribution in [1.82, 2.24) is 9.78 Å². The molecular formula is C14H19N3OS. The lowest BCUT2D eigenvalue weighted by molar-refractivity contribution is 0.410. The summed E-state index contributed by atoms with van der Waals surface area (Å²) in [7, 11) is 3.54. The van der Waals surface area contributed by atoms with E-state index in [1.54, 1.807) is 23.6 Å². The standard InChI is InChI=1S/C14H19N3OS/c1-5-9-6-13(19-4)10(7-12(9)18-3)11-8-14(15)17(2)16-11/h6-8H,5,15H2,1-4H3. The van der Waals surface area contributed by atoms with Gasteiger partial charge in [0.2, 0.25) is 0 Å². The zero-order chi connectivity index (χ0) is 14.0. The van der Waals surface area contributed by atoms with Gasteiger partial charge in [0.1, 0.15) is 11.6 Å². The monoisotopic (exact) mass is 277 g/mol. The van der Waals surface area contributed by atoms with Crippen molar-refractivity contribution in [1.29, 1.82) is 0 Å². The zero-order valence-electron chi connectivity index (χ0n) is 11.7. The quantitative estimate of drug-likeness (QED) is 0.873. The predicted octanol–water partition coefficient (Wildman–Crippen LogP) is 2.96. The lowest BCUT2D eigenvalue weighted by Gasteiger charge is -2.12. The van der Waals surface area contributed by atoms with E-state index in [9.17, 15) is 0 Å². The van der Waals surface area contributed by atoms with Crippen LogP contribution in [0.2, 0.25) is 0 Å². The molecule has 0 unspecified atom stereocenters. The molecule has 19 heavy (non-hydrogen) atoms. The minimum absolute atomic E-state index is 0.653. The molecule has 0 spiro atoms. The van der Waals surface area contributed by atoms with Crippen molar-refractivity contribution < 1.29 is 4.74 Å². The number of nitrogens with zero attached hydrogens (tertiary/aromatic N) is 2. The molecule has 0 fully saturated rings. The number of rotatable bonds is 4. The topological polar surface area (TPSA) is 53.1 Å². The summed E-state index contributed by atoms with van der Waals surface area (Å²) >= 11 is 1.71. The number of anilines is 1. The van der Waals surface area contributed by atoms with Crippen LogP contribution in [0.4, 0.5) is 5.82 Å². The molecule has 102 valence electrons. The Morgan fingerprint density at radius 3 is 2.58 bits per heavy atom. The Bertz CT molecular complexity index is 573. The third-order valence-corrected chi connectivity index (χ3v) is 3.95. The fourth-order valence-electron chi connectivity index (χ4n) is 2.05. The van der Waals surface area contributed by atoms with Crippen LogP contribution in [0.25, 0.3) is 11.3 Å². The summed E-state index contributed by atoms with van der Waals surface area (Å²) in [6, 6.07) is 6.11. The van der Waals surface area contributed by atoms with E-state index in [0.29, 0.717) is 5.82 Å². The molecule has 2 aromatic rings. The number of benzene rings is 1. The van der Waals surface area contributed by atoms with Gasteiger partial charge in [0.05, 0.1) is 12.8 Å². The van der Waals surface area contributed by atoms with Crippen LogP contribution in [0.3, 0.4) is 0 Å². The third kappa shape index (κ3) is 2.56. The second-order valence-electron chi connectivity index (χ2n) is 4.30. The summed E-state index contributed by atoms with van der Waals surface area (Å²) in [5.41, 5.74) is 9.01. The smallest absolute Gasteiger partial charge is 0.122 e. The summed E-state index contributed by atoms with van der Waals surface area (Å²) in [6.07, 6.45) is 3.01. The molecule has 4 nitrogen and oxygen atoms in total. The molecule has 0 atom stereocenters. The molecule has 0 saturated carbocycles. The highest BCUT2D eigenvalue weighted by Gasteiger charge is 2.13. The van der Waals surface area contributed by atoms with Gasteiger partial charge >= 0.3 is 0 Å². The van der Waals surface area contributed by atoms with E-state index in [-0.39, 0.29) is 0 Å². The first-order chi connectivity index (χ1) is 9.10. The molecule has 0 amide bonds. The molecule has 1 aromatic heterocycles. The van der Waals surface area contributed by atoms with E-state index in [0.717, 1.165) is 23.4 Å². The Labute approximate surface area is 117 Å². The average molecular weight is 277 g/mol. The zero-order valence-corrected chi connectivity index (χ0v) is 12.5. The molecule has 0 radical (unpaired) electrons. The SMILES string of the molecule is CCc1cc(SC)c(-c2cc(N)n(C)n2)cc1OC. The fraction of sp³-hybridized carbons (Fsp3) is 0.357. The van der Waals surface area contributed by atoms with Gasteiger partial charge in [-0.3, -0.25) is 4.68 Å². The van der Waals surface area contributed by atoms with Crippen molar-refractivity contribution >= 4 is 17.6 Å². The highest BCUT2D eigenvalue weighted by molar-refractivity contribution is 7.98. The van der Waals surface area contributed by atoms with Gasteiger partial charge in [0.25, 0.3) is 0 Å². The van der Waals surface area contributed by atoms with Crippen molar-refractivity contribution in [2.75, 3.05) is 19.1 Å². The molecule has 0 aliphatic rings. The van der Waals surface area contributed by atoms with Gasteiger partial charge < -0.3 is 10.5 Å². The number of hydrogen-bond donors (Lipinski definition) is 1. The first-order valence-corrected chi connectivity index (χ1v) is 7.38. The van der Waals surface area contributed by atoms with Gasteiger partial charge in [-0.25, -0.2) is 0 Å². The van der Waals surface area contributed by atoms with Crippen LogP contribution >= 0.6 is 11.8 Å². The van der Waals surface area contributed by atoms with Gasteiger partial charge in [-0.1, -0.05) is 6.92 Å². The summed E-state index contributed by atoms with van der Waals surface area (Å²) in [4.78, 5) is 1.19. The van der Waals surface area contributed by atoms with E-state index < -0.39 is 0 Å². The summed E-state index contributed by atoms with van der Waals surface area (Å²) < 4.78 is 7.14. The Hall–Kier alpha value is -1.62. The first-order valence-electron chi connectivity index (χ1n) is 6.15. The summed E-state index contributed by atoms with van der Waals surface area (Å²) in [5.74, 6) is 1.56. The van der Waals surface area contributed by atoms with Crippen LogP contribution in [0.1, 0.15) is 12.5 Å². The molecule has 2 rings (SSSR count). The number of hydrogen-bond acceptors (Lipinski definition) is 4. The van der Waals surface area contributed by atoms with Crippen LogP contribution in [0, 0.1) is 0 Å². The van der Waals surface area contributed by atoms with Crippen molar-refractivity contribution in [3.63, 3.8) is 0 Å². The number of nitrogen functional groups attached to an aromatic ring is 1. The van der Waals surface area contributed by atoms with Gasteiger partial charge in [0.15, 0.2) is 0 Å². The molecule has 1 aromatic carbocycles. The molecule has 0 aliphatic carbocycles. The second kappa shape index (κ2) is 5.57. The van der Waals surface area contributed by atoms with Gasteiger partial charge in [-0.2, -0.15) is 5.10 Å². The highest BCUT2D eigenvalue weighted by atomic mass is 32.2. The minimum Gasteiger partial charge on any atom is -0.496 e. The van der Waals surface area contributed by atoms with Gasteiger partial charge in [-0.15, -0.1) is 11.8 Å². The van der Waals surface area contributed by atoms with Crippen LogP contribution < -0.4 is 10.5 Å². The summed E-state index contributed by atoms with van der Waals surface area (Å²) in [6.45, 7) is 2.13. The second-order valence-corrected chi connectivity index (χ2v) is 5.14. The van der Waals surface area contributed by atoms with Gasteiger partial charge in [-0.05, 0) is 30.4 Å². The molecular weight excluding hydrogens is 258 g/mol. The van der Waals surface area contributed by atoms with Crippen molar-refractivity contribution in [2.24, 2.45) is 7.05 Å². The molecule has 1 heterocycles. The number of thioether (sulfide) groups is 1. The Kier molecular flexibility index (Phi) is 4.04. The normalized spacial score (nSPS) is 10.7. The van der Waals surface area contributed by atoms with Crippen LogP contribution in [0.5, 0.6) is 5.75 Å². The van der Waals surface area contributed by atoms with E-state index in [4.69, 9.17) is 10.5 Å². The maximum Gasteiger partial charge on any atom is 0.122 e. The Morgan fingerprint density at radius 2 is 2.11 bits per heavy atom. The first kappa shape index (κ1) is 13.8. The van der Waals surface area contributed by atoms with E-state index in [2.05, 4.69) is 24.3 Å². The lowest BCUT2D eigenvalue weighted by Crippen LogP contribution is -1.97.